The minimum atomic E-state index is 0.0228. The van der Waals surface area contributed by atoms with Gasteiger partial charge in [-0.15, -0.1) is 0 Å². The topological polar surface area (TPSA) is 49.4 Å². The number of nitrogens with zero attached hydrogens (tertiary/aromatic N) is 1. The van der Waals surface area contributed by atoms with Crippen LogP contribution in [0.3, 0.4) is 0 Å². The van der Waals surface area contributed by atoms with Gasteiger partial charge in [0.25, 0.3) is 0 Å². The van der Waals surface area contributed by atoms with Gasteiger partial charge in [0.05, 0.1) is 6.42 Å². The molecule has 0 bridgehead atoms. The Morgan fingerprint density at radius 1 is 1.17 bits per heavy atom. The number of likely N-dealkylation sites (N-methyl/N-ethyl adjacent to an activating group) is 1. The first kappa shape index (κ1) is 14.2. The molecule has 0 heterocycles. The van der Waals surface area contributed by atoms with Crippen LogP contribution in [-0.4, -0.2) is 30.8 Å². The number of benzene rings is 1. The number of carbonyl (C=O) groups is 2. The van der Waals surface area contributed by atoms with E-state index in [1.54, 1.807) is 19.0 Å². The molecule has 0 fully saturated rings. The van der Waals surface area contributed by atoms with E-state index in [-0.39, 0.29) is 11.8 Å². The van der Waals surface area contributed by atoms with Crippen LogP contribution in [0.2, 0.25) is 0 Å². The molecule has 4 heteroatoms. The summed E-state index contributed by atoms with van der Waals surface area (Å²) in [5.74, 6) is 0.0902. The Morgan fingerprint density at radius 3 is 2.28 bits per heavy atom. The molecule has 18 heavy (non-hydrogen) atoms. The molecule has 2 amide bonds. The highest BCUT2D eigenvalue weighted by Crippen LogP contribution is 2.11. The Labute approximate surface area is 108 Å². The number of amides is 2. The summed E-state index contributed by atoms with van der Waals surface area (Å²) >= 11 is 0. The van der Waals surface area contributed by atoms with Crippen molar-refractivity contribution < 1.29 is 9.59 Å². The Morgan fingerprint density at radius 2 is 1.78 bits per heavy atom. The maximum Gasteiger partial charge on any atom is 0.226 e. The van der Waals surface area contributed by atoms with Crippen molar-refractivity contribution in [3.8, 4) is 0 Å². The monoisotopic (exact) mass is 248 g/mol. The second-order valence-electron chi connectivity index (χ2n) is 4.46. The largest absolute Gasteiger partial charge is 0.349 e. The van der Waals surface area contributed by atoms with Gasteiger partial charge >= 0.3 is 0 Å². The fourth-order valence-corrected chi connectivity index (χ4v) is 1.49. The molecule has 98 valence electrons. The minimum Gasteiger partial charge on any atom is -0.349 e. The molecule has 0 radical (unpaired) electrons. The highest BCUT2D eigenvalue weighted by atomic mass is 16.2. The molecule has 0 saturated carbocycles. The molecule has 0 aromatic heterocycles. The molecule has 0 unspecified atom stereocenters. The van der Waals surface area contributed by atoms with Crippen LogP contribution in [0.25, 0.3) is 0 Å². The smallest absolute Gasteiger partial charge is 0.226 e. The normalized spacial score (nSPS) is 9.94. The van der Waals surface area contributed by atoms with Crippen molar-refractivity contribution in [2.75, 3.05) is 19.4 Å². The SMILES string of the molecule is CCCC(=O)Nc1ccc(CC(=O)N(C)C)cc1. The molecule has 1 N–H and O–H groups in total. The highest BCUT2D eigenvalue weighted by molar-refractivity contribution is 5.90. The summed E-state index contributed by atoms with van der Waals surface area (Å²) < 4.78 is 0. The fourth-order valence-electron chi connectivity index (χ4n) is 1.49. The zero-order valence-corrected chi connectivity index (χ0v) is 11.2. The van der Waals surface area contributed by atoms with Gasteiger partial charge in [-0.25, -0.2) is 0 Å². The molecular formula is C14H20N2O2. The van der Waals surface area contributed by atoms with E-state index in [4.69, 9.17) is 0 Å². The Kier molecular flexibility index (Phi) is 5.36. The molecule has 1 aromatic rings. The van der Waals surface area contributed by atoms with E-state index < -0.39 is 0 Å². The molecule has 0 saturated heterocycles. The van der Waals surface area contributed by atoms with Crippen LogP contribution in [0.15, 0.2) is 24.3 Å². The van der Waals surface area contributed by atoms with Gasteiger partial charge in [-0.2, -0.15) is 0 Å². The van der Waals surface area contributed by atoms with Gasteiger partial charge in [0, 0.05) is 26.2 Å². The van der Waals surface area contributed by atoms with Crippen molar-refractivity contribution in [1.29, 1.82) is 0 Å². The third-order valence-electron chi connectivity index (χ3n) is 2.57. The van der Waals surface area contributed by atoms with Crippen LogP contribution in [0.1, 0.15) is 25.3 Å². The summed E-state index contributed by atoms with van der Waals surface area (Å²) in [5.41, 5.74) is 1.72. The summed E-state index contributed by atoms with van der Waals surface area (Å²) in [5, 5.41) is 2.81. The molecule has 0 spiro atoms. The molecule has 1 rings (SSSR count). The predicted molar refractivity (Wildman–Crippen MR) is 72.4 cm³/mol. The highest BCUT2D eigenvalue weighted by Gasteiger charge is 2.06. The maximum absolute atomic E-state index is 11.5. The van der Waals surface area contributed by atoms with Gasteiger partial charge in [-0.3, -0.25) is 9.59 Å². The number of anilines is 1. The van der Waals surface area contributed by atoms with Crippen molar-refractivity contribution in [3.63, 3.8) is 0 Å². The van der Waals surface area contributed by atoms with E-state index in [0.717, 1.165) is 17.7 Å². The van der Waals surface area contributed by atoms with E-state index >= 15 is 0 Å². The second-order valence-corrected chi connectivity index (χ2v) is 4.46. The molecule has 0 aliphatic heterocycles. The quantitative estimate of drug-likeness (QED) is 0.867. The predicted octanol–water partition coefficient (Wildman–Crippen LogP) is 2.06. The lowest BCUT2D eigenvalue weighted by Gasteiger charge is -2.10. The third kappa shape index (κ3) is 4.57. The van der Waals surface area contributed by atoms with Crippen molar-refractivity contribution in [2.45, 2.75) is 26.2 Å². The van der Waals surface area contributed by atoms with Crippen LogP contribution in [-0.2, 0) is 16.0 Å². The van der Waals surface area contributed by atoms with Gasteiger partial charge in [0.1, 0.15) is 0 Å². The van der Waals surface area contributed by atoms with Gasteiger partial charge in [-0.05, 0) is 24.1 Å². The molecule has 0 atom stereocenters. The maximum atomic E-state index is 11.5. The van der Waals surface area contributed by atoms with Crippen molar-refractivity contribution in [3.05, 3.63) is 29.8 Å². The lowest BCUT2D eigenvalue weighted by molar-refractivity contribution is -0.128. The zero-order chi connectivity index (χ0) is 13.5. The zero-order valence-electron chi connectivity index (χ0n) is 11.2. The summed E-state index contributed by atoms with van der Waals surface area (Å²) in [6.07, 6.45) is 1.75. The number of hydrogen-bond acceptors (Lipinski definition) is 2. The second kappa shape index (κ2) is 6.79. The number of hydrogen-bond donors (Lipinski definition) is 1. The van der Waals surface area contributed by atoms with E-state index in [9.17, 15) is 9.59 Å². The van der Waals surface area contributed by atoms with E-state index in [1.165, 1.54) is 0 Å². The summed E-state index contributed by atoms with van der Waals surface area (Å²) in [6, 6.07) is 7.38. The third-order valence-corrected chi connectivity index (χ3v) is 2.57. The first-order chi connectivity index (χ1) is 8.52. The van der Waals surface area contributed by atoms with Gasteiger partial charge in [0.2, 0.25) is 11.8 Å². The molecule has 4 nitrogen and oxygen atoms in total. The Balaban J connectivity index is 2.57. The standard InChI is InChI=1S/C14H20N2O2/c1-4-5-13(17)15-12-8-6-11(7-9-12)10-14(18)16(2)3/h6-9H,4-5,10H2,1-3H3,(H,15,17). The van der Waals surface area contributed by atoms with E-state index in [2.05, 4.69) is 5.32 Å². The minimum absolute atomic E-state index is 0.0228. The fraction of sp³-hybridized carbons (Fsp3) is 0.429. The van der Waals surface area contributed by atoms with Crippen LogP contribution in [0.5, 0.6) is 0 Å². The van der Waals surface area contributed by atoms with Crippen LogP contribution in [0, 0.1) is 0 Å². The molecule has 0 aliphatic carbocycles. The van der Waals surface area contributed by atoms with Gasteiger partial charge in [0.15, 0.2) is 0 Å². The average molecular weight is 248 g/mol. The van der Waals surface area contributed by atoms with Crippen molar-refractivity contribution in [2.24, 2.45) is 0 Å². The summed E-state index contributed by atoms with van der Waals surface area (Å²) in [4.78, 5) is 24.5. The van der Waals surface area contributed by atoms with Crippen LogP contribution >= 0.6 is 0 Å². The number of nitrogens with one attached hydrogen (secondary N) is 1. The van der Waals surface area contributed by atoms with Gasteiger partial charge < -0.3 is 10.2 Å². The van der Waals surface area contributed by atoms with Crippen molar-refractivity contribution in [1.82, 2.24) is 4.90 Å². The van der Waals surface area contributed by atoms with E-state index in [0.29, 0.717) is 12.8 Å². The molecule has 1 aromatic carbocycles. The van der Waals surface area contributed by atoms with Gasteiger partial charge in [-0.1, -0.05) is 19.1 Å². The Hall–Kier alpha value is -1.84. The number of rotatable bonds is 5. The first-order valence-corrected chi connectivity index (χ1v) is 6.12. The lowest BCUT2D eigenvalue weighted by Crippen LogP contribution is -2.23. The first-order valence-electron chi connectivity index (χ1n) is 6.12. The van der Waals surface area contributed by atoms with Crippen LogP contribution < -0.4 is 5.32 Å². The van der Waals surface area contributed by atoms with Crippen molar-refractivity contribution >= 4 is 17.5 Å². The lowest BCUT2D eigenvalue weighted by atomic mass is 10.1. The molecular weight excluding hydrogens is 228 g/mol. The Bertz CT molecular complexity index is 410. The summed E-state index contributed by atoms with van der Waals surface area (Å²) in [7, 11) is 3.48. The molecule has 0 aliphatic rings. The van der Waals surface area contributed by atoms with E-state index in [1.807, 2.05) is 31.2 Å². The summed E-state index contributed by atoms with van der Waals surface area (Å²) in [6.45, 7) is 1.97. The average Bonchev–Trinajstić information content (AvgIpc) is 2.31. The number of carbonyl (C=O) groups excluding carboxylic acids is 2. The van der Waals surface area contributed by atoms with Crippen LogP contribution in [0.4, 0.5) is 5.69 Å².